The number of hydrogen-bond donors (Lipinski definition) is 3. The van der Waals surface area contributed by atoms with Crippen molar-refractivity contribution in [2.24, 2.45) is 11.8 Å². The van der Waals surface area contributed by atoms with Crippen LogP contribution in [0.2, 0.25) is 0 Å². The zero-order valence-electron chi connectivity index (χ0n) is 25.2. The van der Waals surface area contributed by atoms with E-state index >= 15 is 0 Å². The van der Waals surface area contributed by atoms with Crippen molar-refractivity contribution >= 4 is 17.4 Å². The van der Waals surface area contributed by atoms with Gasteiger partial charge in [0.05, 0.1) is 35.8 Å². The number of carbonyl (C=O) groups is 2. The Morgan fingerprint density at radius 1 is 1.04 bits per heavy atom. The van der Waals surface area contributed by atoms with E-state index in [0.717, 1.165) is 46.5 Å². The first-order chi connectivity index (χ1) is 21.9. The number of H-pyrrole nitrogens is 1. The topological polar surface area (TPSA) is 154 Å². The van der Waals surface area contributed by atoms with Crippen molar-refractivity contribution in [2.45, 2.75) is 57.5 Å². The summed E-state index contributed by atoms with van der Waals surface area (Å²) in [6.45, 7) is 2.20. The number of aromatic nitrogens is 6. The van der Waals surface area contributed by atoms with Crippen molar-refractivity contribution in [1.29, 1.82) is 5.41 Å². The molecule has 0 radical (unpaired) electrons. The summed E-state index contributed by atoms with van der Waals surface area (Å²) in [4.78, 5) is 37.3. The molecule has 7 rings (SSSR count). The van der Waals surface area contributed by atoms with Crippen LogP contribution in [0.15, 0.2) is 72.3 Å². The first-order valence-electron chi connectivity index (χ1n) is 15.6. The first-order valence-corrected chi connectivity index (χ1v) is 15.6. The van der Waals surface area contributed by atoms with Gasteiger partial charge in [0.15, 0.2) is 17.4 Å². The fraction of sp³-hybridized carbons (Fsp3) is 0.382. The summed E-state index contributed by atoms with van der Waals surface area (Å²) in [5, 5.41) is 30.7. The van der Waals surface area contributed by atoms with E-state index in [9.17, 15) is 20.1 Å². The molecule has 6 heterocycles. The summed E-state index contributed by atoms with van der Waals surface area (Å²) in [6.07, 6.45) is 9.24. The van der Waals surface area contributed by atoms with Gasteiger partial charge >= 0.3 is 0 Å². The summed E-state index contributed by atoms with van der Waals surface area (Å²) in [5.41, 5.74) is 6.09. The molecule has 5 atom stereocenters. The minimum absolute atomic E-state index is 0.0432. The molecule has 2 fully saturated rings. The van der Waals surface area contributed by atoms with Gasteiger partial charge < -0.3 is 5.11 Å². The van der Waals surface area contributed by atoms with Crippen LogP contribution in [0.1, 0.15) is 55.3 Å². The van der Waals surface area contributed by atoms with E-state index in [-0.39, 0.29) is 53.8 Å². The maximum absolute atomic E-state index is 13.2. The lowest BCUT2D eigenvalue weighted by atomic mass is 9.77. The minimum atomic E-state index is -0.358. The van der Waals surface area contributed by atoms with Gasteiger partial charge in [-0.2, -0.15) is 10.2 Å². The summed E-state index contributed by atoms with van der Waals surface area (Å²) < 4.78 is 1.62. The lowest BCUT2D eigenvalue weighted by Crippen LogP contribution is -2.48. The van der Waals surface area contributed by atoms with E-state index in [0.29, 0.717) is 37.8 Å². The summed E-state index contributed by atoms with van der Waals surface area (Å²) in [5.74, 6) is 0.529. The van der Waals surface area contributed by atoms with Gasteiger partial charge in [0.1, 0.15) is 6.33 Å². The number of piperidine rings is 1. The molecule has 2 saturated heterocycles. The fourth-order valence-corrected chi connectivity index (χ4v) is 7.67. The summed E-state index contributed by atoms with van der Waals surface area (Å²) in [7, 11) is 0. The fourth-order valence-electron chi connectivity index (χ4n) is 7.67. The molecule has 2 bridgehead atoms. The van der Waals surface area contributed by atoms with Gasteiger partial charge in [0.25, 0.3) is 0 Å². The van der Waals surface area contributed by atoms with E-state index in [1.165, 1.54) is 13.3 Å². The van der Waals surface area contributed by atoms with Crippen LogP contribution in [0.5, 0.6) is 0 Å². The van der Waals surface area contributed by atoms with E-state index in [4.69, 9.17) is 4.98 Å². The average molecular weight is 605 g/mol. The third kappa shape index (κ3) is 5.36. The van der Waals surface area contributed by atoms with E-state index in [1.54, 1.807) is 10.9 Å². The molecule has 0 spiro atoms. The van der Waals surface area contributed by atoms with Crippen LogP contribution < -0.4 is 0 Å². The van der Waals surface area contributed by atoms with E-state index in [2.05, 4.69) is 25.2 Å². The number of hydrogen-bond acceptors (Lipinski definition) is 9. The van der Waals surface area contributed by atoms with Gasteiger partial charge in [-0.25, -0.2) is 9.67 Å². The molecule has 3 aromatic heterocycles. The highest BCUT2D eigenvalue weighted by Gasteiger charge is 2.48. The number of pyridine rings is 1. The Kier molecular flexibility index (Phi) is 7.80. The normalized spacial score (nSPS) is 24.7. The van der Waals surface area contributed by atoms with Crippen molar-refractivity contribution < 1.29 is 14.7 Å². The van der Waals surface area contributed by atoms with Crippen molar-refractivity contribution in [3.05, 3.63) is 83.9 Å². The molecule has 0 aliphatic carbocycles. The molecule has 3 aliphatic rings. The number of benzene rings is 1. The second kappa shape index (κ2) is 12.1. The molecule has 0 amide bonds. The Labute approximate surface area is 260 Å². The molecular formula is C34H36N8O3. The van der Waals surface area contributed by atoms with Gasteiger partial charge in [-0.3, -0.25) is 30.0 Å². The number of nitrogens with one attached hydrogen (secondary N) is 2. The Morgan fingerprint density at radius 2 is 1.89 bits per heavy atom. The highest BCUT2D eigenvalue weighted by atomic mass is 16.3. The predicted octanol–water partition coefficient (Wildman–Crippen LogP) is 4.12. The van der Waals surface area contributed by atoms with Crippen LogP contribution in [0, 0.1) is 17.2 Å². The number of fused-ring (bicyclic) bond motifs is 3. The monoisotopic (exact) mass is 604 g/mol. The van der Waals surface area contributed by atoms with Gasteiger partial charge in [-0.1, -0.05) is 42.0 Å². The number of carbonyl (C=O) groups excluding carboxylic acids is 2. The third-order valence-electron chi connectivity index (χ3n) is 9.81. The van der Waals surface area contributed by atoms with Crippen molar-refractivity contribution in [1.82, 2.24) is 34.8 Å². The average Bonchev–Trinajstić information content (AvgIpc) is 3.82. The predicted molar refractivity (Wildman–Crippen MR) is 168 cm³/mol. The maximum atomic E-state index is 13.2. The number of Topliss-reactive ketones (excluding diaryl/α,β-unsaturated/α-hetero) is 2. The van der Waals surface area contributed by atoms with Crippen LogP contribution in [0.3, 0.4) is 0 Å². The lowest BCUT2D eigenvalue weighted by Gasteiger charge is -2.38. The van der Waals surface area contributed by atoms with Gasteiger partial charge in [-0.05, 0) is 63.4 Å². The van der Waals surface area contributed by atoms with Crippen molar-refractivity contribution in [3.8, 4) is 22.4 Å². The number of ketones is 2. The molecule has 230 valence electrons. The first kappa shape index (κ1) is 29.1. The quantitative estimate of drug-likeness (QED) is 0.254. The Bertz CT molecular complexity index is 1760. The minimum Gasteiger partial charge on any atom is -0.395 e. The molecule has 0 saturated carbocycles. The van der Waals surface area contributed by atoms with Crippen LogP contribution in [0.25, 0.3) is 22.4 Å². The molecule has 11 heteroatoms. The standard InChI is InChI=1S/C34H36N8O3/c1-20(44)31-22(12-24-13-26(18-43)41-17-25(24)14-30(41)32(45)34-37-19-38-40-34)8-5-9-29-27(16-39-42(29)33(31)35)23-10-11-28(36-15-23)21-6-3-2-4-7-21/h2-4,6-7,10-11,15-16,19,24-26,30,35,43H,5,8-9,12-14,17-18H2,1H3,(H,37,38,40). The summed E-state index contributed by atoms with van der Waals surface area (Å²) >= 11 is 0. The van der Waals surface area contributed by atoms with Crippen LogP contribution in [0.4, 0.5) is 0 Å². The SMILES string of the molecule is CC(=O)C1=C(CC2CC(CO)N3CC2CC3C(=O)c2ncn[nH]2)CCCc2c(-c3ccc(-c4ccccc4)nc3)cnn2C1=N. The smallest absolute Gasteiger partial charge is 0.216 e. The van der Waals surface area contributed by atoms with Gasteiger partial charge in [0, 0.05) is 35.5 Å². The number of nitrogens with zero attached hydrogens (tertiary/aromatic N) is 6. The summed E-state index contributed by atoms with van der Waals surface area (Å²) in [6, 6.07) is 13.6. The maximum Gasteiger partial charge on any atom is 0.216 e. The Morgan fingerprint density at radius 3 is 2.60 bits per heavy atom. The molecule has 1 aromatic carbocycles. The van der Waals surface area contributed by atoms with Crippen molar-refractivity contribution in [3.63, 3.8) is 0 Å². The van der Waals surface area contributed by atoms with Crippen LogP contribution >= 0.6 is 0 Å². The number of aromatic amines is 1. The van der Waals surface area contributed by atoms with Crippen molar-refractivity contribution in [2.75, 3.05) is 13.2 Å². The van der Waals surface area contributed by atoms with Crippen LogP contribution in [-0.4, -0.2) is 82.6 Å². The highest BCUT2D eigenvalue weighted by molar-refractivity contribution is 6.21. The zero-order valence-corrected chi connectivity index (χ0v) is 25.2. The largest absolute Gasteiger partial charge is 0.395 e. The Hall–Kier alpha value is -4.61. The number of allylic oxidation sites excluding steroid dienone is 2. The second-order valence-electron chi connectivity index (χ2n) is 12.4. The molecule has 3 N–H and O–H groups in total. The van der Waals surface area contributed by atoms with Crippen LogP contribution in [-0.2, 0) is 11.2 Å². The highest BCUT2D eigenvalue weighted by Crippen LogP contribution is 2.44. The van der Waals surface area contributed by atoms with E-state index in [1.807, 2.05) is 48.7 Å². The van der Waals surface area contributed by atoms with Gasteiger partial charge in [-0.15, -0.1) is 0 Å². The molecule has 45 heavy (non-hydrogen) atoms. The lowest BCUT2D eigenvalue weighted by molar-refractivity contribution is -0.113. The molecular weight excluding hydrogens is 568 g/mol. The third-order valence-corrected chi connectivity index (χ3v) is 9.81. The molecule has 4 aromatic rings. The molecule has 11 nitrogen and oxygen atoms in total. The second-order valence-corrected chi connectivity index (χ2v) is 12.4. The van der Waals surface area contributed by atoms with Gasteiger partial charge in [0.2, 0.25) is 5.78 Å². The zero-order chi connectivity index (χ0) is 31.1. The number of aliphatic hydroxyl groups is 1. The number of aliphatic hydroxyl groups excluding tert-OH is 1. The Balaban J connectivity index is 1.15. The molecule has 3 aliphatic heterocycles. The molecule has 5 unspecified atom stereocenters. The van der Waals surface area contributed by atoms with E-state index < -0.39 is 0 Å². The number of rotatable bonds is 8.